The van der Waals surface area contributed by atoms with Gasteiger partial charge in [0.2, 0.25) is 0 Å². The molecule has 0 aliphatic carbocycles. The summed E-state index contributed by atoms with van der Waals surface area (Å²) in [6.07, 6.45) is 1.89. The van der Waals surface area contributed by atoms with Gasteiger partial charge in [-0.3, -0.25) is 0 Å². The van der Waals surface area contributed by atoms with Crippen molar-refractivity contribution < 1.29 is 13.2 Å². The van der Waals surface area contributed by atoms with Crippen molar-refractivity contribution in [1.29, 1.82) is 0 Å². The quantitative estimate of drug-likeness (QED) is 0.740. The van der Waals surface area contributed by atoms with Crippen molar-refractivity contribution in [3.8, 4) is 0 Å². The highest BCUT2D eigenvalue weighted by Gasteiger charge is 2.29. The second-order valence-electron chi connectivity index (χ2n) is 6.43. The van der Waals surface area contributed by atoms with Crippen LogP contribution in [0.25, 0.3) is 0 Å². The van der Waals surface area contributed by atoms with Crippen LogP contribution >= 0.6 is 11.3 Å². The van der Waals surface area contributed by atoms with Gasteiger partial charge in [-0.05, 0) is 42.0 Å². The van der Waals surface area contributed by atoms with Gasteiger partial charge in [0.25, 0.3) is 10.0 Å². The average molecular weight is 381 g/mol. The van der Waals surface area contributed by atoms with E-state index in [4.69, 9.17) is 4.74 Å². The van der Waals surface area contributed by atoms with Crippen LogP contribution in [0, 0.1) is 0 Å². The molecular formula is C18H24N2O3S2. The summed E-state index contributed by atoms with van der Waals surface area (Å²) >= 11 is 1.26. The van der Waals surface area contributed by atoms with Crippen LogP contribution in [0.2, 0.25) is 0 Å². The maximum atomic E-state index is 13.0. The Morgan fingerprint density at radius 3 is 2.52 bits per heavy atom. The van der Waals surface area contributed by atoms with Gasteiger partial charge in [-0.2, -0.15) is 4.31 Å². The summed E-state index contributed by atoms with van der Waals surface area (Å²) < 4.78 is 33.7. The van der Waals surface area contributed by atoms with Gasteiger partial charge in [-0.15, -0.1) is 11.3 Å². The number of thiophene rings is 1. The molecule has 136 valence electrons. The van der Waals surface area contributed by atoms with Crippen LogP contribution in [0.1, 0.15) is 18.4 Å². The van der Waals surface area contributed by atoms with E-state index in [1.165, 1.54) is 11.3 Å². The van der Waals surface area contributed by atoms with E-state index in [1.54, 1.807) is 21.8 Å². The van der Waals surface area contributed by atoms with E-state index in [-0.39, 0.29) is 6.10 Å². The minimum atomic E-state index is -3.51. The third-order valence-corrected chi connectivity index (χ3v) is 7.52. The van der Waals surface area contributed by atoms with Gasteiger partial charge < -0.3 is 9.64 Å². The zero-order valence-corrected chi connectivity index (χ0v) is 16.2. The fourth-order valence-electron chi connectivity index (χ4n) is 2.90. The van der Waals surface area contributed by atoms with Crippen LogP contribution in [0.5, 0.6) is 0 Å². The molecule has 2 aromatic rings. The Labute approximate surface area is 153 Å². The Morgan fingerprint density at radius 2 is 1.96 bits per heavy atom. The Balaban J connectivity index is 1.83. The first-order valence-electron chi connectivity index (χ1n) is 8.38. The van der Waals surface area contributed by atoms with E-state index in [0.29, 0.717) is 17.3 Å². The molecule has 1 aliphatic rings. The number of ether oxygens (including phenoxy) is 1. The van der Waals surface area contributed by atoms with Gasteiger partial charge in [-0.1, -0.05) is 18.2 Å². The Kier molecular flexibility index (Phi) is 5.78. The summed E-state index contributed by atoms with van der Waals surface area (Å²) in [4.78, 5) is 2.02. The second kappa shape index (κ2) is 7.86. The highest BCUT2D eigenvalue weighted by molar-refractivity contribution is 7.91. The molecule has 0 N–H and O–H groups in total. The molecule has 1 aromatic carbocycles. The zero-order valence-electron chi connectivity index (χ0n) is 14.6. The molecule has 1 fully saturated rings. The largest absolute Gasteiger partial charge is 0.378 e. The molecule has 1 aliphatic heterocycles. The van der Waals surface area contributed by atoms with Crippen molar-refractivity contribution in [2.75, 3.05) is 32.1 Å². The molecule has 5 nitrogen and oxygen atoms in total. The number of hydrogen-bond donors (Lipinski definition) is 0. The summed E-state index contributed by atoms with van der Waals surface area (Å²) in [5, 5.41) is 1.79. The summed E-state index contributed by atoms with van der Waals surface area (Å²) in [5.74, 6) is 0. The molecule has 0 bridgehead atoms. The highest BCUT2D eigenvalue weighted by atomic mass is 32.2. The summed E-state index contributed by atoms with van der Waals surface area (Å²) in [6.45, 7) is 1.47. The molecule has 7 heteroatoms. The van der Waals surface area contributed by atoms with Gasteiger partial charge in [0.05, 0.1) is 6.10 Å². The van der Waals surface area contributed by atoms with Gasteiger partial charge in [0, 0.05) is 39.5 Å². The number of benzene rings is 1. The van der Waals surface area contributed by atoms with Gasteiger partial charge >= 0.3 is 0 Å². The molecule has 0 spiro atoms. The Morgan fingerprint density at radius 1 is 1.20 bits per heavy atom. The molecule has 3 rings (SSSR count). The smallest absolute Gasteiger partial charge is 0.252 e. The first-order valence-corrected chi connectivity index (χ1v) is 10.7. The van der Waals surface area contributed by atoms with Crippen LogP contribution < -0.4 is 4.90 Å². The number of nitrogens with zero attached hydrogens (tertiary/aromatic N) is 2. The van der Waals surface area contributed by atoms with E-state index in [9.17, 15) is 8.42 Å². The molecule has 1 aromatic heterocycles. The Hall–Kier alpha value is -1.41. The molecule has 0 amide bonds. The predicted molar refractivity (Wildman–Crippen MR) is 102 cm³/mol. The summed E-state index contributed by atoms with van der Waals surface area (Å²) in [7, 11) is 0.464. The normalized spacial score (nSPS) is 18.0. The summed E-state index contributed by atoms with van der Waals surface area (Å²) in [6, 6.07) is 11.4. The van der Waals surface area contributed by atoms with Crippen LogP contribution in [-0.4, -0.2) is 46.1 Å². The fraction of sp³-hybridized carbons (Fsp3) is 0.444. The topological polar surface area (TPSA) is 49.9 Å². The molecule has 1 atom stereocenters. The van der Waals surface area contributed by atoms with Crippen LogP contribution in [-0.2, 0) is 21.3 Å². The minimum Gasteiger partial charge on any atom is -0.378 e. The maximum absolute atomic E-state index is 13.0. The number of rotatable bonds is 7. The maximum Gasteiger partial charge on any atom is 0.252 e. The van der Waals surface area contributed by atoms with Crippen molar-refractivity contribution >= 4 is 27.0 Å². The molecule has 1 saturated heterocycles. The number of hydrogen-bond acceptors (Lipinski definition) is 5. The molecule has 2 heterocycles. The van der Waals surface area contributed by atoms with Gasteiger partial charge in [0.15, 0.2) is 0 Å². The Bertz CT molecular complexity index is 765. The molecule has 25 heavy (non-hydrogen) atoms. The zero-order chi connectivity index (χ0) is 17.9. The van der Waals surface area contributed by atoms with Crippen molar-refractivity contribution in [3.05, 3.63) is 47.3 Å². The van der Waals surface area contributed by atoms with Gasteiger partial charge in [-0.25, -0.2) is 8.42 Å². The molecule has 0 saturated carbocycles. The minimum absolute atomic E-state index is 0.0178. The van der Waals surface area contributed by atoms with E-state index >= 15 is 0 Å². The first-order chi connectivity index (χ1) is 12.0. The van der Waals surface area contributed by atoms with Crippen molar-refractivity contribution in [2.45, 2.75) is 29.7 Å². The SMILES string of the molecule is CN(C)c1ccc(CN(C[C@@H]2CCCO2)S(=O)(=O)c2cccs2)cc1. The average Bonchev–Trinajstić information content (AvgIpc) is 3.28. The lowest BCUT2D eigenvalue weighted by Gasteiger charge is -2.24. The third kappa shape index (κ3) is 4.41. The lowest BCUT2D eigenvalue weighted by molar-refractivity contribution is 0.0926. The second-order valence-corrected chi connectivity index (χ2v) is 9.54. The van der Waals surface area contributed by atoms with Crippen molar-refractivity contribution in [2.24, 2.45) is 0 Å². The first kappa shape index (κ1) is 18.4. The van der Waals surface area contributed by atoms with Crippen molar-refractivity contribution in [3.63, 3.8) is 0 Å². The molecular weight excluding hydrogens is 356 g/mol. The van der Waals surface area contributed by atoms with Crippen LogP contribution in [0.4, 0.5) is 5.69 Å². The summed E-state index contributed by atoms with van der Waals surface area (Å²) in [5.41, 5.74) is 2.07. The lowest BCUT2D eigenvalue weighted by Crippen LogP contribution is -2.36. The van der Waals surface area contributed by atoms with E-state index in [2.05, 4.69) is 0 Å². The number of sulfonamides is 1. The van der Waals surface area contributed by atoms with Crippen molar-refractivity contribution in [1.82, 2.24) is 4.31 Å². The van der Waals surface area contributed by atoms with Crippen LogP contribution in [0.15, 0.2) is 46.0 Å². The highest BCUT2D eigenvalue weighted by Crippen LogP contribution is 2.25. The monoisotopic (exact) mass is 380 g/mol. The van der Waals surface area contributed by atoms with Crippen LogP contribution in [0.3, 0.4) is 0 Å². The number of anilines is 1. The van der Waals surface area contributed by atoms with E-state index in [0.717, 1.165) is 30.7 Å². The molecule has 0 unspecified atom stereocenters. The predicted octanol–water partition coefficient (Wildman–Crippen LogP) is 3.18. The van der Waals surface area contributed by atoms with Gasteiger partial charge in [0.1, 0.15) is 4.21 Å². The third-order valence-electron chi connectivity index (χ3n) is 4.33. The van der Waals surface area contributed by atoms with E-state index < -0.39 is 10.0 Å². The lowest BCUT2D eigenvalue weighted by atomic mass is 10.2. The standard InChI is InChI=1S/C18H24N2O3S2/c1-19(2)16-9-7-15(8-10-16)13-20(14-17-5-3-11-23-17)25(21,22)18-6-4-12-24-18/h4,6-10,12,17H,3,5,11,13-14H2,1-2H3/t17-/m0/s1. The van der Waals surface area contributed by atoms with E-state index in [1.807, 2.05) is 43.3 Å². The fourth-order valence-corrected chi connectivity index (χ4v) is 5.51. The molecule has 0 radical (unpaired) electrons.